The third-order valence-electron chi connectivity index (χ3n) is 3.55. The molecule has 1 N–H and O–H groups in total. The van der Waals surface area contributed by atoms with E-state index in [9.17, 15) is 0 Å². The van der Waals surface area contributed by atoms with Gasteiger partial charge < -0.3 is 5.32 Å². The maximum atomic E-state index is 6.10. The predicted molar refractivity (Wildman–Crippen MR) is 93.2 cm³/mol. The third kappa shape index (κ3) is 2.76. The lowest BCUT2D eigenvalue weighted by Crippen LogP contribution is -2.02. The summed E-state index contributed by atoms with van der Waals surface area (Å²) in [7, 11) is 0. The molecule has 0 radical (unpaired) electrons. The van der Waals surface area contributed by atoms with Crippen LogP contribution in [0.5, 0.6) is 0 Å². The van der Waals surface area contributed by atoms with E-state index in [1.807, 2.05) is 71.2 Å². The summed E-state index contributed by atoms with van der Waals surface area (Å²) in [5.74, 6) is 0.545. The van der Waals surface area contributed by atoms with Gasteiger partial charge in [-0.1, -0.05) is 41.9 Å². The number of hydrogen-bond donors (Lipinski definition) is 1. The second-order valence-electron chi connectivity index (χ2n) is 5.14. The first-order chi connectivity index (χ1) is 11.3. The summed E-state index contributed by atoms with van der Waals surface area (Å²) in [6.45, 7) is 0. The van der Waals surface area contributed by atoms with Crippen molar-refractivity contribution in [2.75, 3.05) is 5.32 Å². The number of benzene rings is 2. The summed E-state index contributed by atoms with van der Waals surface area (Å²) >= 11 is 6.10. The highest BCUT2D eigenvalue weighted by atomic mass is 35.5. The van der Waals surface area contributed by atoms with Crippen molar-refractivity contribution < 1.29 is 0 Å². The molecule has 0 saturated carbocycles. The van der Waals surface area contributed by atoms with Crippen LogP contribution in [-0.4, -0.2) is 14.6 Å². The zero-order chi connectivity index (χ0) is 15.6. The minimum Gasteiger partial charge on any atom is -0.323 e. The standard InChI is InChI=1S/C18H13ClN4/c19-14-6-4-5-13(11-14)17-10-9-16-12-20-18(22-23(16)17)21-15-7-2-1-3-8-15/h1-12H,(H,21,22). The van der Waals surface area contributed by atoms with Crippen molar-refractivity contribution in [2.45, 2.75) is 0 Å². The van der Waals surface area contributed by atoms with Crippen LogP contribution >= 0.6 is 11.6 Å². The van der Waals surface area contributed by atoms with Gasteiger partial charge in [0.25, 0.3) is 0 Å². The van der Waals surface area contributed by atoms with E-state index >= 15 is 0 Å². The van der Waals surface area contributed by atoms with Gasteiger partial charge in [0.1, 0.15) is 0 Å². The van der Waals surface area contributed by atoms with Gasteiger partial charge in [-0.2, -0.15) is 0 Å². The molecule has 0 bridgehead atoms. The fourth-order valence-electron chi connectivity index (χ4n) is 2.48. The average Bonchev–Trinajstić information content (AvgIpc) is 2.99. The quantitative estimate of drug-likeness (QED) is 0.590. The lowest BCUT2D eigenvalue weighted by atomic mass is 10.2. The largest absolute Gasteiger partial charge is 0.323 e. The molecule has 5 heteroatoms. The van der Waals surface area contributed by atoms with Gasteiger partial charge in [-0.05, 0) is 36.4 Å². The molecule has 0 saturated heterocycles. The van der Waals surface area contributed by atoms with E-state index in [-0.39, 0.29) is 0 Å². The number of para-hydroxylation sites is 1. The van der Waals surface area contributed by atoms with Crippen molar-refractivity contribution in [2.24, 2.45) is 0 Å². The lowest BCUT2D eigenvalue weighted by molar-refractivity contribution is 0.919. The number of aromatic nitrogens is 3. The molecule has 0 unspecified atom stereocenters. The molecule has 4 nitrogen and oxygen atoms in total. The van der Waals surface area contributed by atoms with E-state index in [0.29, 0.717) is 11.0 Å². The van der Waals surface area contributed by atoms with Gasteiger partial charge in [0, 0.05) is 16.3 Å². The molecule has 23 heavy (non-hydrogen) atoms. The second-order valence-corrected chi connectivity index (χ2v) is 5.57. The molecule has 0 atom stereocenters. The number of hydrogen-bond acceptors (Lipinski definition) is 3. The Balaban J connectivity index is 1.77. The molecule has 0 fully saturated rings. The Kier molecular flexibility index (Phi) is 3.44. The molecule has 4 rings (SSSR count). The lowest BCUT2D eigenvalue weighted by Gasteiger charge is -2.07. The summed E-state index contributed by atoms with van der Waals surface area (Å²) in [5.41, 5.74) is 3.87. The number of fused-ring (bicyclic) bond motifs is 1. The van der Waals surface area contributed by atoms with E-state index in [0.717, 1.165) is 22.5 Å². The van der Waals surface area contributed by atoms with Crippen molar-refractivity contribution in [3.05, 3.63) is 77.9 Å². The summed E-state index contributed by atoms with van der Waals surface area (Å²) in [6, 6.07) is 21.6. The first kappa shape index (κ1) is 13.8. The fraction of sp³-hybridized carbons (Fsp3) is 0. The Morgan fingerprint density at radius 2 is 1.78 bits per heavy atom. The Morgan fingerprint density at radius 3 is 2.61 bits per heavy atom. The number of anilines is 2. The van der Waals surface area contributed by atoms with Crippen LogP contribution in [-0.2, 0) is 0 Å². The maximum absolute atomic E-state index is 6.10. The highest BCUT2D eigenvalue weighted by Gasteiger charge is 2.08. The van der Waals surface area contributed by atoms with Gasteiger partial charge in [0.15, 0.2) is 0 Å². The summed E-state index contributed by atoms with van der Waals surface area (Å²) in [6.07, 6.45) is 1.80. The zero-order valence-electron chi connectivity index (χ0n) is 12.1. The molecule has 2 aromatic heterocycles. The average molecular weight is 321 g/mol. The molecular weight excluding hydrogens is 308 g/mol. The minimum absolute atomic E-state index is 0.545. The van der Waals surface area contributed by atoms with Crippen molar-refractivity contribution in [1.82, 2.24) is 14.6 Å². The summed E-state index contributed by atoms with van der Waals surface area (Å²) in [4.78, 5) is 4.36. The van der Waals surface area contributed by atoms with Crippen LogP contribution in [0.4, 0.5) is 11.6 Å². The first-order valence-corrected chi connectivity index (χ1v) is 7.60. The maximum Gasteiger partial charge on any atom is 0.245 e. The number of nitrogens with one attached hydrogen (secondary N) is 1. The molecule has 112 valence electrons. The number of rotatable bonds is 3. The van der Waals surface area contributed by atoms with Crippen molar-refractivity contribution in [3.63, 3.8) is 0 Å². The van der Waals surface area contributed by atoms with Crippen LogP contribution in [0, 0.1) is 0 Å². The third-order valence-corrected chi connectivity index (χ3v) is 3.78. The van der Waals surface area contributed by atoms with E-state index in [1.54, 1.807) is 6.20 Å². The van der Waals surface area contributed by atoms with Gasteiger partial charge in [-0.15, -0.1) is 5.10 Å². The van der Waals surface area contributed by atoms with E-state index in [2.05, 4.69) is 15.4 Å². The normalized spacial score (nSPS) is 10.8. The van der Waals surface area contributed by atoms with Gasteiger partial charge in [-0.25, -0.2) is 9.50 Å². The number of nitrogens with zero attached hydrogens (tertiary/aromatic N) is 3. The Hall–Kier alpha value is -2.85. The molecule has 0 amide bonds. The molecule has 0 aliphatic rings. The number of halogens is 1. The van der Waals surface area contributed by atoms with E-state index < -0.39 is 0 Å². The smallest absolute Gasteiger partial charge is 0.245 e. The monoisotopic (exact) mass is 320 g/mol. The zero-order valence-corrected chi connectivity index (χ0v) is 12.9. The first-order valence-electron chi connectivity index (χ1n) is 7.22. The second kappa shape index (κ2) is 5.74. The highest BCUT2D eigenvalue weighted by molar-refractivity contribution is 6.30. The van der Waals surface area contributed by atoms with E-state index in [4.69, 9.17) is 11.6 Å². The van der Waals surface area contributed by atoms with Gasteiger partial charge in [-0.3, -0.25) is 0 Å². The molecule has 4 aromatic rings. The summed E-state index contributed by atoms with van der Waals surface area (Å²) < 4.78 is 1.87. The van der Waals surface area contributed by atoms with Crippen LogP contribution in [0.15, 0.2) is 72.9 Å². The molecule has 2 heterocycles. The van der Waals surface area contributed by atoms with Crippen molar-refractivity contribution in [1.29, 1.82) is 0 Å². The minimum atomic E-state index is 0.545. The SMILES string of the molecule is Clc1cccc(-c2ccc3cnc(Nc4ccccc4)nn23)c1. The summed E-state index contributed by atoms with van der Waals surface area (Å²) in [5, 5.41) is 8.50. The van der Waals surface area contributed by atoms with Gasteiger partial charge >= 0.3 is 0 Å². The topological polar surface area (TPSA) is 42.2 Å². The fourth-order valence-corrected chi connectivity index (χ4v) is 2.67. The van der Waals surface area contributed by atoms with Crippen LogP contribution in [0.25, 0.3) is 16.8 Å². The van der Waals surface area contributed by atoms with Crippen molar-refractivity contribution in [3.8, 4) is 11.3 Å². The Bertz CT molecular complexity index is 963. The van der Waals surface area contributed by atoms with Gasteiger partial charge in [0.05, 0.1) is 17.4 Å². The Morgan fingerprint density at radius 1 is 0.913 bits per heavy atom. The van der Waals surface area contributed by atoms with E-state index in [1.165, 1.54) is 0 Å². The van der Waals surface area contributed by atoms with Crippen molar-refractivity contribution >= 4 is 28.8 Å². The highest BCUT2D eigenvalue weighted by Crippen LogP contribution is 2.25. The van der Waals surface area contributed by atoms with Crippen LogP contribution in [0.2, 0.25) is 5.02 Å². The molecule has 0 aliphatic heterocycles. The predicted octanol–water partition coefficient (Wildman–Crippen LogP) is 4.79. The molecule has 2 aromatic carbocycles. The van der Waals surface area contributed by atoms with Crippen LogP contribution in [0.1, 0.15) is 0 Å². The molecule has 0 spiro atoms. The van der Waals surface area contributed by atoms with Crippen LogP contribution < -0.4 is 5.32 Å². The molecular formula is C18H13ClN4. The van der Waals surface area contributed by atoms with Gasteiger partial charge in [0.2, 0.25) is 5.95 Å². The van der Waals surface area contributed by atoms with Crippen LogP contribution in [0.3, 0.4) is 0 Å². The Labute approximate surface area is 138 Å². The molecule has 0 aliphatic carbocycles.